The van der Waals surface area contributed by atoms with E-state index < -0.39 is 7.25 Å². The van der Waals surface area contributed by atoms with Gasteiger partial charge in [0, 0.05) is 25.8 Å². The maximum Gasteiger partial charge on any atom is 0.673 e. The van der Waals surface area contributed by atoms with Crippen LogP contribution in [0, 0.1) is 0 Å². The fourth-order valence-corrected chi connectivity index (χ4v) is 2.10. The van der Waals surface area contributed by atoms with Crippen molar-refractivity contribution in [2.45, 2.75) is 19.3 Å². The Balaban J connectivity index is 0.000000195. The number of hydrogen-bond acceptors (Lipinski definition) is 1. The molecular weight excluding hydrogens is 211 g/mol. The lowest BCUT2D eigenvalue weighted by Crippen LogP contribution is -2.48. The van der Waals surface area contributed by atoms with E-state index in [9.17, 15) is 17.3 Å². The Labute approximate surface area is 86.7 Å². The molecule has 0 N–H and O–H groups in total. The zero-order valence-corrected chi connectivity index (χ0v) is 8.73. The van der Waals surface area contributed by atoms with Crippen LogP contribution < -0.4 is 0 Å². The van der Waals surface area contributed by atoms with Crippen LogP contribution >= 0.6 is 0 Å². The van der Waals surface area contributed by atoms with Crippen LogP contribution in [0.25, 0.3) is 0 Å². The first kappa shape index (κ1) is 12.5. The smallest absolute Gasteiger partial charge is 0.418 e. The number of rotatable bonds is 0. The number of nitrogens with zero attached hydrogens (tertiary/aromatic N) is 2. The molecule has 0 aromatic heterocycles. The van der Waals surface area contributed by atoms with Crippen LogP contribution in [-0.2, 0) is 0 Å². The van der Waals surface area contributed by atoms with Crippen LogP contribution in [0.4, 0.5) is 17.3 Å². The highest BCUT2D eigenvalue weighted by Gasteiger charge is 2.36. The van der Waals surface area contributed by atoms with Crippen LogP contribution in [0.3, 0.4) is 0 Å². The van der Waals surface area contributed by atoms with Crippen LogP contribution in [0.1, 0.15) is 19.3 Å². The van der Waals surface area contributed by atoms with Crippen LogP contribution in [0.2, 0.25) is 0 Å². The average Bonchev–Trinajstić information content (AvgIpc) is 2.42. The van der Waals surface area contributed by atoms with Crippen molar-refractivity contribution < 1.29 is 21.7 Å². The lowest BCUT2D eigenvalue weighted by Gasteiger charge is -2.31. The van der Waals surface area contributed by atoms with Gasteiger partial charge in [-0.05, 0) is 0 Å². The van der Waals surface area contributed by atoms with Crippen molar-refractivity contribution >= 4 is 13.1 Å². The van der Waals surface area contributed by atoms with Gasteiger partial charge in [0.2, 0.25) is 0 Å². The third kappa shape index (κ3) is 4.19. The maximum atomic E-state index is 9.75. The molecule has 2 aliphatic rings. The number of aliphatic imine (C=N–C) groups is 1. The fourth-order valence-electron chi connectivity index (χ4n) is 2.10. The van der Waals surface area contributed by atoms with E-state index in [1.54, 1.807) is 0 Å². The van der Waals surface area contributed by atoms with Crippen molar-refractivity contribution in [3.63, 3.8) is 0 Å². The second-order valence-electron chi connectivity index (χ2n) is 4.09. The van der Waals surface area contributed by atoms with Crippen molar-refractivity contribution in [3.05, 3.63) is 0 Å². The first-order valence-corrected chi connectivity index (χ1v) is 5.07. The van der Waals surface area contributed by atoms with Gasteiger partial charge in [-0.3, -0.25) is 4.48 Å². The van der Waals surface area contributed by atoms with Crippen molar-refractivity contribution in [2.24, 2.45) is 4.99 Å². The summed E-state index contributed by atoms with van der Waals surface area (Å²) in [5.41, 5.74) is 0. The second-order valence-corrected chi connectivity index (χ2v) is 4.09. The molecule has 0 aliphatic carbocycles. The predicted octanol–water partition coefficient (Wildman–Crippen LogP) is 2.33. The van der Waals surface area contributed by atoms with Crippen LogP contribution in [0.5, 0.6) is 0 Å². The molecule has 1 saturated heterocycles. The molecule has 2 aliphatic heterocycles. The van der Waals surface area contributed by atoms with E-state index in [0.717, 1.165) is 6.54 Å². The summed E-state index contributed by atoms with van der Waals surface area (Å²) in [6, 6.07) is 0. The molecule has 0 aromatic rings. The van der Waals surface area contributed by atoms with Gasteiger partial charge in [-0.15, -0.1) is 0 Å². The third-order valence-corrected chi connectivity index (χ3v) is 2.78. The van der Waals surface area contributed by atoms with Crippen molar-refractivity contribution in [2.75, 3.05) is 26.7 Å². The summed E-state index contributed by atoms with van der Waals surface area (Å²) in [6.45, 7) is 3.75. The Morgan fingerprint density at radius 1 is 1.13 bits per heavy atom. The number of amidine groups is 1. The van der Waals surface area contributed by atoms with E-state index >= 15 is 0 Å². The second kappa shape index (κ2) is 4.51. The Morgan fingerprint density at radius 2 is 1.67 bits per heavy atom. The Kier molecular flexibility index (Phi) is 3.75. The van der Waals surface area contributed by atoms with E-state index in [4.69, 9.17) is 0 Å². The summed E-state index contributed by atoms with van der Waals surface area (Å²) in [4.78, 5) is 4.55. The Hall–Kier alpha value is -0.585. The molecule has 0 aromatic carbocycles. The molecule has 2 nitrogen and oxygen atoms in total. The molecule has 0 saturated carbocycles. The maximum absolute atomic E-state index is 9.75. The van der Waals surface area contributed by atoms with Gasteiger partial charge in [-0.2, -0.15) is 0 Å². The molecule has 0 radical (unpaired) electrons. The van der Waals surface area contributed by atoms with E-state index in [0.29, 0.717) is 0 Å². The van der Waals surface area contributed by atoms with Gasteiger partial charge in [-0.1, -0.05) is 0 Å². The summed E-state index contributed by atoms with van der Waals surface area (Å²) in [5, 5.41) is 0. The monoisotopic (exact) mass is 226 g/mol. The minimum Gasteiger partial charge on any atom is -0.418 e. The molecule has 15 heavy (non-hydrogen) atoms. The van der Waals surface area contributed by atoms with Gasteiger partial charge in [0.05, 0.1) is 20.1 Å². The van der Waals surface area contributed by atoms with E-state index in [2.05, 4.69) is 12.0 Å². The zero-order valence-electron chi connectivity index (χ0n) is 8.73. The summed E-state index contributed by atoms with van der Waals surface area (Å²) in [7, 11) is -3.68. The standard InChI is InChI=1S/C8H15N2.BF4/c1-10-6-2-4-8(10)9-5-3-7-10;2-1(3,4)5/h2-7H2,1H3;/q+1;-1. The van der Waals surface area contributed by atoms with Gasteiger partial charge < -0.3 is 17.3 Å². The Bertz CT molecular complexity index is 248. The van der Waals surface area contributed by atoms with Crippen LogP contribution in [0.15, 0.2) is 4.99 Å². The molecule has 0 amide bonds. The summed E-state index contributed by atoms with van der Waals surface area (Å²) in [6.07, 6.45) is 3.91. The Morgan fingerprint density at radius 3 is 2.20 bits per heavy atom. The van der Waals surface area contributed by atoms with Gasteiger partial charge in [0.15, 0.2) is 5.84 Å². The van der Waals surface area contributed by atoms with Gasteiger partial charge in [0.1, 0.15) is 0 Å². The van der Waals surface area contributed by atoms with E-state index in [1.165, 1.54) is 42.7 Å². The van der Waals surface area contributed by atoms with Gasteiger partial charge in [0.25, 0.3) is 0 Å². The number of hydrogen-bond donors (Lipinski definition) is 0. The molecule has 2 rings (SSSR count). The molecule has 0 bridgehead atoms. The van der Waals surface area contributed by atoms with Gasteiger partial charge in [-0.25, -0.2) is 4.99 Å². The zero-order chi connectivity index (χ0) is 11.5. The number of fused-ring (bicyclic) bond motifs is 1. The molecular formula is C8H15BF4N2. The van der Waals surface area contributed by atoms with Crippen molar-refractivity contribution in [1.82, 2.24) is 0 Å². The lowest BCUT2D eigenvalue weighted by atomic mass is 10.3. The number of quaternary nitrogens is 1. The topological polar surface area (TPSA) is 12.4 Å². The highest BCUT2D eigenvalue weighted by atomic mass is 19.5. The lowest BCUT2D eigenvalue weighted by molar-refractivity contribution is -0.816. The SMILES string of the molecule is C[N+]12CCCN=C1CCC2.F[B-](F)(F)F. The largest absolute Gasteiger partial charge is 0.673 e. The van der Waals surface area contributed by atoms with E-state index in [1.807, 2.05) is 0 Å². The van der Waals surface area contributed by atoms with Crippen LogP contribution in [-0.4, -0.2) is 44.3 Å². The summed E-state index contributed by atoms with van der Waals surface area (Å²) >= 11 is 0. The van der Waals surface area contributed by atoms with Crippen molar-refractivity contribution in [3.8, 4) is 0 Å². The minimum atomic E-state index is -6.00. The fraction of sp³-hybridized carbons (Fsp3) is 0.875. The molecule has 0 spiro atoms. The number of halogens is 4. The average molecular weight is 226 g/mol. The highest BCUT2D eigenvalue weighted by Crippen LogP contribution is 2.23. The summed E-state index contributed by atoms with van der Waals surface area (Å²) < 4.78 is 40.2. The van der Waals surface area contributed by atoms with Crippen molar-refractivity contribution in [1.29, 1.82) is 0 Å². The first-order valence-electron chi connectivity index (χ1n) is 5.07. The highest BCUT2D eigenvalue weighted by molar-refractivity contribution is 6.50. The third-order valence-electron chi connectivity index (χ3n) is 2.78. The molecule has 88 valence electrons. The first-order chi connectivity index (χ1) is 6.81. The molecule has 7 heteroatoms. The normalized spacial score (nSPS) is 30.1. The predicted molar refractivity (Wildman–Crippen MR) is 52.3 cm³/mol. The molecule has 1 fully saturated rings. The van der Waals surface area contributed by atoms with E-state index in [-0.39, 0.29) is 0 Å². The molecule has 2 heterocycles. The minimum absolute atomic E-state index is 1.09. The molecule has 1 atom stereocenters. The summed E-state index contributed by atoms with van der Waals surface area (Å²) in [5.74, 6) is 1.46. The molecule has 1 unspecified atom stereocenters. The van der Waals surface area contributed by atoms with Gasteiger partial charge >= 0.3 is 7.25 Å². The quantitative estimate of drug-likeness (QED) is 0.341.